The number of ether oxygens (including phenoxy) is 3. The van der Waals surface area contributed by atoms with Gasteiger partial charge in [0.1, 0.15) is 22.8 Å². The standard InChI is InChI=1S/C28H34N4O6/c1-19(33)30-10-12-31(13-11-30)27-20(16-22-23(35-2)8-9-24(36-3)26(22)29-27)17-32(18-21-6-4-14-37-21)28(34)25-7-5-15-38-25/h5,7-9,15-16,21H,4,6,10-14,17-18H2,1-3H3/t21-/m1/s1. The predicted molar refractivity (Wildman–Crippen MR) is 142 cm³/mol. The van der Waals surface area contributed by atoms with E-state index in [1.54, 1.807) is 38.2 Å². The molecule has 2 fully saturated rings. The van der Waals surface area contributed by atoms with Gasteiger partial charge in [-0.1, -0.05) is 0 Å². The number of piperazine rings is 1. The van der Waals surface area contributed by atoms with Crippen LogP contribution in [0, 0.1) is 0 Å². The Kier molecular flexibility index (Phi) is 7.69. The number of aromatic nitrogens is 1. The molecule has 0 aliphatic carbocycles. The fourth-order valence-electron chi connectivity index (χ4n) is 5.22. The molecule has 1 aromatic carbocycles. The predicted octanol–water partition coefficient (Wildman–Crippen LogP) is 3.33. The number of furan rings is 1. The van der Waals surface area contributed by atoms with Gasteiger partial charge in [-0.05, 0) is 43.2 Å². The fourth-order valence-corrected chi connectivity index (χ4v) is 5.22. The first-order valence-corrected chi connectivity index (χ1v) is 13.0. The van der Waals surface area contributed by atoms with Crippen LogP contribution >= 0.6 is 0 Å². The zero-order chi connectivity index (χ0) is 26.6. The number of carbonyl (C=O) groups excluding carboxylic acids is 2. The Hall–Kier alpha value is -3.79. The second-order valence-electron chi connectivity index (χ2n) is 9.63. The summed E-state index contributed by atoms with van der Waals surface area (Å²) in [6.07, 6.45) is 3.36. The lowest BCUT2D eigenvalue weighted by molar-refractivity contribution is -0.129. The van der Waals surface area contributed by atoms with Crippen LogP contribution < -0.4 is 14.4 Å². The number of anilines is 1. The molecule has 2 aliphatic rings. The minimum atomic E-state index is -0.199. The van der Waals surface area contributed by atoms with Crippen molar-refractivity contribution in [2.75, 3.05) is 58.5 Å². The normalized spacial score (nSPS) is 17.6. The van der Waals surface area contributed by atoms with E-state index in [1.807, 2.05) is 23.1 Å². The van der Waals surface area contributed by atoms with E-state index in [1.165, 1.54) is 6.26 Å². The van der Waals surface area contributed by atoms with Crippen molar-refractivity contribution < 1.29 is 28.2 Å². The molecule has 10 nitrogen and oxygen atoms in total. The lowest BCUT2D eigenvalue weighted by atomic mass is 10.1. The molecule has 202 valence electrons. The highest BCUT2D eigenvalue weighted by Crippen LogP contribution is 2.36. The lowest BCUT2D eigenvalue weighted by Gasteiger charge is -2.36. The van der Waals surface area contributed by atoms with Gasteiger partial charge in [-0.2, -0.15) is 0 Å². The third-order valence-corrected chi connectivity index (χ3v) is 7.26. The van der Waals surface area contributed by atoms with Gasteiger partial charge in [0.2, 0.25) is 5.91 Å². The van der Waals surface area contributed by atoms with Crippen LogP contribution in [-0.2, 0) is 16.1 Å². The van der Waals surface area contributed by atoms with Gasteiger partial charge in [0.05, 0.1) is 26.6 Å². The summed E-state index contributed by atoms with van der Waals surface area (Å²) in [6.45, 7) is 5.53. The maximum atomic E-state index is 13.5. The van der Waals surface area contributed by atoms with Crippen molar-refractivity contribution in [3.05, 3.63) is 47.9 Å². The van der Waals surface area contributed by atoms with Crippen molar-refractivity contribution in [3.63, 3.8) is 0 Å². The Morgan fingerprint density at radius 3 is 2.50 bits per heavy atom. The highest BCUT2D eigenvalue weighted by molar-refractivity contribution is 5.93. The molecule has 0 N–H and O–H groups in total. The summed E-state index contributed by atoms with van der Waals surface area (Å²) in [5, 5.41) is 0.801. The Morgan fingerprint density at radius 2 is 1.87 bits per heavy atom. The van der Waals surface area contributed by atoms with E-state index in [0.29, 0.717) is 62.9 Å². The molecule has 0 spiro atoms. The quantitative estimate of drug-likeness (QED) is 0.445. The third-order valence-electron chi connectivity index (χ3n) is 7.26. The molecule has 10 heteroatoms. The smallest absolute Gasteiger partial charge is 0.289 e. The summed E-state index contributed by atoms with van der Waals surface area (Å²) < 4.78 is 22.6. The zero-order valence-electron chi connectivity index (χ0n) is 22.1. The number of fused-ring (bicyclic) bond motifs is 1. The summed E-state index contributed by atoms with van der Waals surface area (Å²) >= 11 is 0. The van der Waals surface area contributed by atoms with Gasteiger partial charge in [-0.3, -0.25) is 9.59 Å². The molecule has 3 aromatic rings. The van der Waals surface area contributed by atoms with Crippen molar-refractivity contribution in [1.82, 2.24) is 14.8 Å². The highest BCUT2D eigenvalue weighted by atomic mass is 16.5. The number of hydrogen-bond acceptors (Lipinski definition) is 8. The van der Waals surface area contributed by atoms with Gasteiger partial charge >= 0.3 is 0 Å². The van der Waals surface area contributed by atoms with Gasteiger partial charge in [0.25, 0.3) is 5.91 Å². The average Bonchev–Trinajstić information content (AvgIpc) is 3.66. The van der Waals surface area contributed by atoms with E-state index in [9.17, 15) is 9.59 Å². The van der Waals surface area contributed by atoms with Crippen molar-refractivity contribution in [2.45, 2.75) is 32.4 Å². The van der Waals surface area contributed by atoms with Crippen LogP contribution in [-0.4, -0.2) is 86.3 Å². The molecular formula is C28H34N4O6. The molecule has 4 heterocycles. The summed E-state index contributed by atoms with van der Waals surface area (Å²) in [5.41, 5.74) is 1.56. The maximum absolute atomic E-state index is 13.5. The Balaban J connectivity index is 1.57. The van der Waals surface area contributed by atoms with Gasteiger partial charge in [-0.15, -0.1) is 0 Å². The van der Waals surface area contributed by atoms with E-state index < -0.39 is 0 Å². The van der Waals surface area contributed by atoms with E-state index in [2.05, 4.69) is 4.90 Å². The van der Waals surface area contributed by atoms with Gasteiger partial charge in [-0.25, -0.2) is 4.98 Å². The lowest BCUT2D eigenvalue weighted by Crippen LogP contribution is -2.48. The van der Waals surface area contributed by atoms with Gasteiger partial charge in [0.15, 0.2) is 5.76 Å². The molecule has 0 saturated carbocycles. The molecule has 5 rings (SSSR count). The second kappa shape index (κ2) is 11.3. The second-order valence-corrected chi connectivity index (χ2v) is 9.63. The van der Waals surface area contributed by atoms with Crippen molar-refractivity contribution in [3.8, 4) is 11.5 Å². The fraction of sp³-hybridized carbons (Fsp3) is 0.464. The zero-order valence-corrected chi connectivity index (χ0v) is 22.1. The first-order valence-electron chi connectivity index (χ1n) is 13.0. The van der Waals surface area contributed by atoms with Crippen LogP contribution in [0.15, 0.2) is 41.0 Å². The average molecular weight is 523 g/mol. The third kappa shape index (κ3) is 5.26. The number of nitrogens with zero attached hydrogens (tertiary/aromatic N) is 4. The first kappa shape index (κ1) is 25.8. The molecule has 2 aromatic heterocycles. The van der Waals surface area contributed by atoms with Crippen LogP contribution in [0.2, 0.25) is 0 Å². The van der Waals surface area contributed by atoms with Crippen LogP contribution in [0.3, 0.4) is 0 Å². The maximum Gasteiger partial charge on any atom is 0.289 e. The van der Waals surface area contributed by atoms with Gasteiger partial charge in [0, 0.05) is 63.7 Å². The highest BCUT2D eigenvalue weighted by Gasteiger charge is 2.29. The van der Waals surface area contributed by atoms with Crippen LogP contribution in [0.4, 0.5) is 5.82 Å². The van der Waals surface area contributed by atoms with E-state index in [-0.39, 0.29) is 23.7 Å². The van der Waals surface area contributed by atoms with Crippen molar-refractivity contribution in [2.24, 2.45) is 0 Å². The number of benzene rings is 1. The van der Waals surface area contributed by atoms with Gasteiger partial charge < -0.3 is 33.3 Å². The molecule has 2 aliphatic heterocycles. The molecular weight excluding hydrogens is 488 g/mol. The summed E-state index contributed by atoms with van der Waals surface area (Å²) in [4.78, 5) is 36.3. The Labute approximate surface area is 222 Å². The number of pyridine rings is 1. The number of rotatable bonds is 8. The minimum Gasteiger partial charge on any atom is -0.496 e. The summed E-state index contributed by atoms with van der Waals surface area (Å²) in [5.74, 6) is 2.22. The van der Waals surface area contributed by atoms with Crippen molar-refractivity contribution >= 4 is 28.5 Å². The molecule has 38 heavy (non-hydrogen) atoms. The monoisotopic (exact) mass is 522 g/mol. The Bertz CT molecular complexity index is 1280. The number of carbonyl (C=O) groups is 2. The number of methoxy groups -OCH3 is 2. The molecule has 0 radical (unpaired) electrons. The molecule has 0 bridgehead atoms. The Morgan fingerprint density at radius 1 is 1.11 bits per heavy atom. The molecule has 2 saturated heterocycles. The minimum absolute atomic E-state index is 0.0282. The van der Waals surface area contributed by atoms with Crippen LogP contribution in [0.25, 0.3) is 10.9 Å². The summed E-state index contributed by atoms with van der Waals surface area (Å²) in [7, 11) is 3.24. The number of amides is 2. The van der Waals surface area contributed by atoms with E-state index in [4.69, 9.17) is 23.6 Å². The molecule has 2 amide bonds. The van der Waals surface area contributed by atoms with E-state index in [0.717, 1.165) is 29.6 Å². The summed E-state index contributed by atoms with van der Waals surface area (Å²) in [6, 6.07) is 9.13. The largest absolute Gasteiger partial charge is 0.496 e. The van der Waals surface area contributed by atoms with Crippen molar-refractivity contribution in [1.29, 1.82) is 0 Å². The van der Waals surface area contributed by atoms with E-state index >= 15 is 0 Å². The SMILES string of the molecule is COc1ccc(OC)c2nc(N3CCN(C(C)=O)CC3)c(CN(C[C@H]3CCCO3)C(=O)c3ccco3)cc12. The topological polar surface area (TPSA) is 97.6 Å². The van der Waals surface area contributed by atoms with Crippen LogP contribution in [0.5, 0.6) is 11.5 Å². The molecule has 0 unspecified atom stereocenters. The number of hydrogen-bond donors (Lipinski definition) is 0. The molecule has 1 atom stereocenters. The first-order chi connectivity index (χ1) is 18.5. The van der Waals surface area contributed by atoms with Crippen LogP contribution in [0.1, 0.15) is 35.9 Å².